The molecular formula is C23H27FN4S. The van der Waals surface area contributed by atoms with Crippen LogP contribution in [0.5, 0.6) is 0 Å². The lowest BCUT2D eigenvalue weighted by molar-refractivity contribution is 0.616. The fraction of sp³-hybridized carbons (Fsp3) is 0.304. The minimum absolute atomic E-state index is 0.242. The molecule has 6 heteroatoms. The fourth-order valence-corrected chi connectivity index (χ4v) is 3.47. The first-order valence-electron chi connectivity index (χ1n) is 9.91. The molecule has 152 valence electrons. The molecular weight excluding hydrogens is 383 g/mol. The van der Waals surface area contributed by atoms with E-state index < -0.39 is 0 Å². The Balaban J connectivity index is 1.65. The summed E-state index contributed by atoms with van der Waals surface area (Å²) < 4.78 is 15.3. The Morgan fingerprint density at radius 2 is 1.83 bits per heavy atom. The molecule has 2 aromatic carbocycles. The van der Waals surface area contributed by atoms with E-state index in [1.807, 2.05) is 36.7 Å². The molecule has 4 nitrogen and oxygen atoms in total. The zero-order valence-electron chi connectivity index (χ0n) is 17.1. The minimum Gasteiger partial charge on any atom is -0.332 e. The first-order valence-corrected chi connectivity index (χ1v) is 10.3. The van der Waals surface area contributed by atoms with Crippen molar-refractivity contribution in [2.45, 2.75) is 46.6 Å². The van der Waals surface area contributed by atoms with Gasteiger partial charge in [0, 0.05) is 5.69 Å². The number of halogens is 1. The molecule has 0 unspecified atom stereocenters. The quantitative estimate of drug-likeness (QED) is 0.480. The van der Waals surface area contributed by atoms with E-state index in [-0.39, 0.29) is 5.82 Å². The van der Waals surface area contributed by atoms with Gasteiger partial charge in [-0.2, -0.15) is 5.10 Å². The van der Waals surface area contributed by atoms with Crippen LogP contribution in [0.1, 0.15) is 42.3 Å². The van der Waals surface area contributed by atoms with Crippen LogP contribution in [-0.4, -0.2) is 14.9 Å². The lowest BCUT2D eigenvalue weighted by Gasteiger charge is -2.12. The monoisotopic (exact) mass is 410 g/mol. The van der Waals surface area contributed by atoms with Crippen LogP contribution in [0.15, 0.2) is 48.5 Å². The third-order valence-corrected chi connectivity index (χ3v) is 5.08. The Morgan fingerprint density at radius 1 is 1.07 bits per heavy atom. The number of hydrogen-bond donors (Lipinski definition) is 2. The van der Waals surface area contributed by atoms with Gasteiger partial charge in [-0.1, -0.05) is 37.6 Å². The predicted octanol–water partition coefficient (Wildman–Crippen LogP) is 5.84. The Labute approximate surface area is 177 Å². The summed E-state index contributed by atoms with van der Waals surface area (Å²) in [6, 6.07) is 14.9. The summed E-state index contributed by atoms with van der Waals surface area (Å²) in [6.07, 6.45) is 3.49. The van der Waals surface area contributed by atoms with Gasteiger partial charge in [-0.3, -0.25) is 4.68 Å². The molecule has 1 heterocycles. The minimum atomic E-state index is -0.242. The van der Waals surface area contributed by atoms with Crippen molar-refractivity contribution in [3.63, 3.8) is 0 Å². The molecule has 0 amide bonds. The zero-order valence-corrected chi connectivity index (χ0v) is 17.9. The Hall–Kier alpha value is -2.73. The molecule has 0 aliphatic carbocycles. The second-order valence-corrected chi connectivity index (χ2v) is 7.62. The Kier molecular flexibility index (Phi) is 6.99. The number of rotatable bonds is 7. The molecule has 3 aromatic rings. The summed E-state index contributed by atoms with van der Waals surface area (Å²) in [5.74, 6) is -0.242. The second kappa shape index (κ2) is 9.65. The molecule has 1 aromatic heterocycles. The number of benzene rings is 2. The second-order valence-electron chi connectivity index (χ2n) is 7.21. The first kappa shape index (κ1) is 21.0. The van der Waals surface area contributed by atoms with E-state index in [1.54, 1.807) is 6.07 Å². The van der Waals surface area contributed by atoms with E-state index in [2.05, 4.69) is 34.8 Å². The standard InChI is InChI=1S/C23H27FN4S/c1-4-5-7-18-10-12-21(13-11-18)25-23(29)26-22-16(2)27-28(17(22)3)15-19-8-6-9-20(24)14-19/h6,8-14H,4-5,7,15H2,1-3H3,(H2,25,26,29). The third-order valence-electron chi connectivity index (χ3n) is 4.87. The highest BCUT2D eigenvalue weighted by Crippen LogP contribution is 2.21. The average molecular weight is 411 g/mol. The van der Waals surface area contributed by atoms with Gasteiger partial charge in [-0.05, 0) is 74.3 Å². The molecule has 0 aliphatic rings. The molecule has 0 radical (unpaired) electrons. The molecule has 0 spiro atoms. The number of nitrogens with one attached hydrogen (secondary N) is 2. The Bertz CT molecular complexity index is 979. The van der Waals surface area contributed by atoms with Crippen LogP contribution in [0.3, 0.4) is 0 Å². The maximum atomic E-state index is 13.5. The van der Waals surface area contributed by atoms with Gasteiger partial charge >= 0.3 is 0 Å². The number of hydrogen-bond acceptors (Lipinski definition) is 2. The van der Waals surface area contributed by atoms with Crippen molar-refractivity contribution < 1.29 is 4.39 Å². The summed E-state index contributed by atoms with van der Waals surface area (Å²) in [6.45, 7) is 6.62. The van der Waals surface area contributed by atoms with Gasteiger partial charge in [0.1, 0.15) is 5.82 Å². The molecule has 0 saturated carbocycles. The van der Waals surface area contributed by atoms with Crippen LogP contribution in [0.2, 0.25) is 0 Å². The van der Waals surface area contributed by atoms with Gasteiger partial charge in [0.2, 0.25) is 0 Å². The molecule has 0 fully saturated rings. The molecule has 0 saturated heterocycles. The maximum Gasteiger partial charge on any atom is 0.175 e. The highest BCUT2D eigenvalue weighted by molar-refractivity contribution is 7.80. The normalized spacial score (nSPS) is 10.8. The van der Waals surface area contributed by atoms with Crippen molar-refractivity contribution in [3.8, 4) is 0 Å². The number of anilines is 2. The summed E-state index contributed by atoms with van der Waals surface area (Å²) in [5.41, 5.74) is 5.82. The molecule has 3 rings (SSSR count). The molecule has 29 heavy (non-hydrogen) atoms. The topological polar surface area (TPSA) is 41.9 Å². The zero-order chi connectivity index (χ0) is 20.8. The number of aryl methyl sites for hydroxylation is 2. The lowest BCUT2D eigenvalue weighted by Crippen LogP contribution is -2.20. The molecule has 2 N–H and O–H groups in total. The van der Waals surface area contributed by atoms with Crippen LogP contribution in [0.25, 0.3) is 0 Å². The fourth-order valence-electron chi connectivity index (χ4n) is 3.25. The van der Waals surface area contributed by atoms with Crippen LogP contribution in [0.4, 0.5) is 15.8 Å². The smallest absolute Gasteiger partial charge is 0.175 e. The van der Waals surface area contributed by atoms with Crippen molar-refractivity contribution >= 4 is 28.7 Å². The summed E-state index contributed by atoms with van der Waals surface area (Å²) in [7, 11) is 0. The number of thiocarbonyl (C=S) groups is 1. The van der Waals surface area contributed by atoms with Gasteiger partial charge in [0.25, 0.3) is 0 Å². The van der Waals surface area contributed by atoms with E-state index in [0.29, 0.717) is 11.7 Å². The molecule has 0 atom stereocenters. The first-order chi connectivity index (χ1) is 14.0. The van der Waals surface area contributed by atoms with Crippen molar-refractivity contribution in [2.75, 3.05) is 10.6 Å². The predicted molar refractivity (Wildman–Crippen MR) is 122 cm³/mol. The average Bonchev–Trinajstić information content (AvgIpc) is 2.95. The number of unbranched alkanes of at least 4 members (excludes halogenated alkanes) is 1. The van der Waals surface area contributed by atoms with Crippen LogP contribution in [-0.2, 0) is 13.0 Å². The molecule has 0 bridgehead atoms. The van der Waals surface area contributed by atoms with Crippen molar-refractivity contribution in [1.29, 1.82) is 0 Å². The summed E-state index contributed by atoms with van der Waals surface area (Å²) >= 11 is 5.49. The van der Waals surface area contributed by atoms with E-state index in [4.69, 9.17) is 12.2 Å². The van der Waals surface area contributed by atoms with Gasteiger partial charge in [0.05, 0.1) is 23.6 Å². The van der Waals surface area contributed by atoms with Crippen LogP contribution < -0.4 is 10.6 Å². The van der Waals surface area contributed by atoms with Gasteiger partial charge in [-0.25, -0.2) is 4.39 Å². The van der Waals surface area contributed by atoms with E-state index in [0.717, 1.165) is 34.7 Å². The van der Waals surface area contributed by atoms with Crippen molar-refractivity contribution in [1.82, 2.24) is 9.78 Å². The van der Waals surface area contributed by atoms with E-state index >= 15 is 0 Å². The van der Waals surface area contributed by atoms with Gasteiger partial charge in [0.15, 0.2) is 5.11 Å². The third kappa shape index (κ3) is 5.64. The van der Waals surface area contributed by atoms with Crippen molar-refractivity contribution in [2.24, 2.45) is 0 Å². The number of aromatic nitrogens is 2. The van der Waals surface area contributed by atoms with Crippen LogP contribution in [0, 0.1) is 19.7 Å². The van der Waals surface area contributed by atoms with Crippen LogP contribution >= 0.6 is 12.2 Å². The van der Waals surface area contributed by atoms with E-state index in [1.165, 1.54) is 30.5 Å². The lowest BCUT2D eigenvalue weighted by atomic mass is 10.1. The highest BCUT2D eigenvalue weighted by Gasteiger charge is 2.13. The SMILES string of the molecule is CCCCc1ccc(NC(=S)Nc2c(C)nn(Cc3cccc(F)c3)c2C)cc1. The number of nitrogens with zero attached hydrogens (tertiary/aromatic N) is 2. The summed E-state index contributed by atoms with van der Waals surface area (Å²) in [5, 5.41) is 11.6. The van der Waals surface area contributed by atoms with Gasteiger partial charge in [-0.15, -0.1) is 0 Å². The highest BCUT2D eigenvalue weighted by atomic mass is 32.1. The van der Waals surface area contributed by atoms with E-state index in [9.17, 15) is 4.39 Å². The summed E-state index contributed by atoms with van der Waals surface area (Å²) in [4.78, 5) is 0. The van der Waals surface area contributed by atoms with Gasteiger partial charge < -0.3 is 10.6 Å². The maximum absolute atomic E-state index is 13.5. The van der Waals surface area contributed by atoms with Crippen molar-refractivity contribution in [3.05, 3.63) is 76.9 Å². The molecule has 0 aliphatic heterocycles. The Morgan fingerprint density at radius 3 is 2.52 bits per heavy atom. The largest absolute Gasteiger partial charge is 0.332 e.